The first kappa shape index (κ1) is 21.4. The molecule has 0 saturated carbocycles. The Labute approximate surface area is 186 Å². The molecule has 0 bridgehead atoms. The quantitative estimate of drug-likeness (QED) is 0.568. The molecule has 0 spiro atoms. The van der Waals surface area contributed by atoms with Crippen LogP contribution in [-0.2, 0) is 16.0 Å². The molecule has 2 aromatic carbocycles. The number of benzene rings is 2. The number of ether oxygens (including phenoxy) is 1. The number of nitrogens with zero attached hydrogens (tertiary/aromatic N) is 4. The second kappa shape index (κ2) is 9.98. The van der Waals surface area contributed by atoms with E-state index in [9.17, 15) is 4.79 Å². The van der Waals surface area contributed by atoms with Crippen molar-refractivity contribution >= 4 is 29.3 Å². The van der Waals surface area contributed by atoms with Crippen molar-refractivity contribution in [2.45, 2.75) is 25.4 Å². The van der Waals surface area contributed by atoms with Gasteiger partial charge in [-0.3, -0.25) is 9.36 Å². The summed E-state index contributed by atoms with van der Waals surface area (Å²) in [6.45, 7) is 7.04. The second-order valence-electron chi connectivity index (χ2n) is 7.44. The molecule has 3 aromatic rings. The lowest BCUT2D eigenvalue weighted by Crippen LogP contribution is -2.37. The Kier molecular flexibility index (Phi) is 6.89. The zero-order valence-corrected chi connectivity index (χ0v) is 18.7. The normalized spacial score (nSPS) is 13.9. The highest BCUT2D eigenvalue weighted by Gasteiger charge is 2.22. The molecule has 31 heavy (non-hydrogen) atoms. The zero-order valence-electron chi connectivity index (χ0n) is 17.9. The van der Waals surface area contributed by atoms with Gasteiger partial charge in [0.05, 0.1) is 24.7 Å². The Morgan fingerprint density at radius 3 is 2.45 bits per heavy atom. The molecule has 2 heterocycles. The van der Waals surface area contributed by atoms with Crippen molar-refractivity contribution < 1.29 is 9.53 Å². The molecule has 1 N–H and O–H groups in total. The number of amides is 1. The summed E-state index contributed by atoms with van der Waals surface area (Å²) in [5.74, 6) is 0.966. The SMILES string of the molecule is CCc1ccc(NC(=O)CSc2nnc(N3CCOCC3)n2-c2ccc(C)cc2)cc1. The third kappa shape index (κ3) is 5.26. The number of carbonyl (C=O) groups is 1. The number of anilines is 2. The predicted octanol–water partition coefficient (Wildman–Crippen LogP) is 3.71. The van der Waals surface area contributed by atoms with Crippen LogP contribution in [0.5, 0.6) is 0 Å². The lowest BCUT2D eigenvalue weighted by molar-refractivity contribution is -0.113. The molecule has 4 rings (SSSR count). The van der Waals surface area contributed by atoms with Crippen molar-refractivity contribution in [3.63, 3.8) is 0 Å². The molecule has 7 nitrogen and oxygen atoms in total. The average molecular weight is 438 g/mol. The molecular formula is C23H27N5O2S. The van der Waals surface area contributed by atoms with E-state index >= 15 is 0 Å². The van der Waals surface area contributed by atoms with Crippen LogP contribution in [-0.4, -0.2) is 52.7 Å². The van der Waals surface area contributed by atoms with Crippen LogP contribution < -0.4 is 10.2 Å². The van der Waals surface area contributed by atoms with E-state index in [4.69, 9.17) is 4.74 Å². The number of morpholine rings is 1. The van der Waals surface area contributed by atoms with E-state index in [1.807, 2.05) is 28.8 Å². The first-order valence-electron chi connectivity index (χ1n) is 10.5. The summed E-state index contributed by atoms with van der Waals surface area (Å²) >= 11 is 1.39. The van der Waals surface area contributed by atoms with Crippen LogP contribution in [0.15, 0.2) is 53.7 Å². The van der Waals surface area contributed by atoms with E-state index < -0.39 is 0 Å². The van der Waals surface area contributed by atoms with Gasteiger partial charge in [-0.2, -0.15) is 0 Å². The Bertz CT molecular complexity index is 1010. The number of hydrogen-bond donors (Lipinski definition) is 1. The first-order chi connectivity index (χ1) is 15.1. The van der Waals surface area contributed by atoms with Crippen molar-refractivity contribution in [2.75, 3.05) is 42.3 Å². The second-order valence-corrected chi connectivity index (χ2v) is 8.38. The molecule has 1 saturated heterocycles. The van der Waals surface area contributed by atoms with E-state index in [2.05, 4.69) is 58.5 Å². The minimum Gasteiger partial charge on any atom is -0.378 e. The van der Waals surface area contributed by atoms with Gasteiger partial charge in [-0.25, -0.2) is 0 Å². The lowest BCUT2D eigenvalue weighted by atomic mass is 10.1. The highest BCUT2D eigenvalue weighted by atomic mass is 32.2. The molecule has 1 amide bonds. The van der Waals surface area contributed by atoms with Gasteiger partial charge in [0.2, 0.25) is 11.9 Å². The Morgan fingerprint density at radius 2 is 1.77 bits per heavy atom. The van der Waals surface area contributed by atoms with Gasteiger partial charge in [-0.05, 0) is 43.2 Å². The molecule has 1 aromatic heterocycles. The standard InChI is InChI=1S/C23H27N5O2S/c1-3-18-6-8-19(9-7-18)24-21(29)16-31-23-26-25-22(27-12-14-30-15-13-27)28(23)20-10-4-17(2)5-11-20/h4-11H,3,12-16H2,1-2H3,(H,24,29). The third-order valence-electron chi connectivity index (χ3n) is 5.18. The lowest BCUT2D eigenvalue weighted by Gasteiger charge is -2.27. The maximum absolute atomic E-state index is 12.5. The highest BCUT2D eigenvalue weighted by Crippen LogP contribution is 2.27. The fourth-order valence-electron chi connectivity index (χ4n) is 3.39. The maximum Gasteiger partial charge on any atom is 0.234 e. The summed E-state index contributed by atoms with van der Waals surface area (Å²) < 4.78 is 7.51. The van der Waals surface area contributed by atoms with E-state index in [1.54, 1.807) is 0 Å². The monoisotopic (exact) mass is 437 g/mol. The molecule has 8 heteroatoms. The Hall–Kier alpha value is -2.84. The van der Waals surface area contributed by atoms with Crippen LogP contribution in [0, 0.1) is 6.92 Å². The van der Waals surface area contributed by atoms with Crippen molar-refractivity contribution in [2.24, 2.45) is 0 Å². The van der Waals surface area contributed by atoms with Gasteiger partial charge in [-0.1, -0.05) is 48.5 Å². The molecular weight excluding hydrogens is 410 g/mol. The van der Waals surface area contributed by atoms with Crippen LogP contribution in [0.4, 0.5) is 11.6 Å². The molecule has 0 aliphatic carbocycles. The molecule has 1 fully saturated rings. The predicted molar refractivity (Wildman–Crippen MR) is 124 cm³/mol. The van der Waals surface area contributed by atoms with Gasteiger partial charge in [0.25, 0.3) is 0 Å². The van der Waals surface area contributed by atoms with Crippen molar-refractivity contribution in [3.05, 3.63) is 59.7 Å². The molecule has 0 unspecified atom stereocenters. The Morgan fingerprint density at radius 1 is 1.06 bits per heavy atom. The topological polar surface area (TPSA) is 72.3 Å². The summed E-state index contributed by atoms with van der Waals surface area (Å²) in [7, 11) is 0. The smallest absolute Gasteiger partial charge is 0.234 e. The number of aromatic nitrogens is 3. The molecule has 0 atom stereocenters. The number of nitrogens with one attached hydrogen (secondary N) is 1. The number of thioether (sulfide) groups is 1. The fourth-order valence-corrected chi connectivity index (χ4v) is 4.14. The van der Waals surface area contributed by atoms with Crippen molar-refractivity contribution in [3.8, 4) is 5.69 Å². The van der Waals surface area contributed by atoms with E-state index in [0.717, 1.165) is 36.8 Å². The molecule has 162 valence electrons. The minimum absolute atomic E-state index is 0.0689. The van der Waals surface area contributed by atoms with Gasteiger partial charge in [0.1, 0.15) is 0 Å². The minimum atomic E-state index is -0.0689. The number of hydrogen-bond acceptors (Lipinski definition) is 6. The largest absolute Gasteiger partial charge is 0.378 e. The van der Waals surface area contributed by atoms with Gasteiger partial charge < -0.3 is 15.0 Å². The summed E-state index contributed by atoms with van der Waals surface area (Å²) in [5.41, 5.74) is 4.22. The summed E-state index contributed by atoms with van der Waals surface area (Å²) in [4.78, 5) is 14.7. The van der Waals surface area contributed by atoms with Crippen LogP contribution in [0.2, 0.25) is 0 Å². The molecule has 1 aliphatic rings. The summed E-state index contributed by atoms with van der Waals surface area (Å²) in [5, 5.41) is 12.5. The first-order valence-corrected chi connectivity index (χ1v) is 11.5. The Balaban J connectivity index is 1.50. The van der Waals surface area contributed by atoms with Crippen molar-refractivity contribution in [1.82, 2.24) is 14.8 Å². The highest BCUT2D eigenvalue weighted by molar-refractivity contribution is 7.99. The van der Waals surface area contributed by atoms with Gasteiger partial charge in [0.15, 0.2) is 5.16 Å². The van der Waals surface area contributed by atoms with Crippen molar-refractivity contribution in [1.29, 1.82) is 0 Å². The number of rotatable bonds is 7. The summed E-state index contributed by atoms with van der Waals surface area (Å²) in [6.07, 6.45) is 0.976. The zero-order chi connectivity index (χ0) is 21.6. The van der Waals surface area contributed by atoms with Gasteiger partial charge >= 0.3 is 0 Å². The molecule has 1 aliphatic heterocycles. The average Bonchev–Trinajstić information content (AvgIpc) is 3.23. The van der Waals surface area contributed by atoms with Crippen LogP contribution in [0.25, 0.3) is 5.69 Å². The van der Waals surface area contributed by atoms with E-state index in [1.165, 1.54) is 22.9 Å². The van der Waals surface area contributed by atoms with Gasteiger partial charge in [0, 0.05) is 18.8 Å². The number of carbonyl (C=O) groups excluding carboxylic acids is 1. The van der Waals surface area contributed by atoms with E-state index in [-0.39, 0.29) is 11.7 Å². The van der Waals surface area contributed by atoms with Crippen LogP contribution in [0.3, 0.4) is 0 Å². The maximum atomic E-state index is 12.5. The molecule has 0 radical (unpaired) electrons. The third-order valence-corrected chi connectivity index (χ3v) is 6.11. The van der Waals surface area contributed by atoms with Crippen LogP contribution in [0.1, 0.15) is 18.1 Å². The summed E-state index contributed by atoms with van der Waals surface area (Å²) in [6, 6.07) is 16.2. The van der Waals surface area contributed by atoms with Gasteiger partial charge in [-0.15, -0.1) is 10.2 Å². The number of aryl methyl sites for hydroxylation is 2. The van der Waals surface area contributed by atoms with E-state index in [0.29, 0.717) is 18.4 Å². The fraction of sp³-hybridized carbons (Fsp3) is 0.348. The van der Waals surface area contributed by atoms with Crippen LogP contribution >= 0.6 is 11.8 Å².